The highest BCUT2D eigenvalue weighted by molar-refractivity contribution is 6.76. The first-order chi connectivity index (χ1) is 12.4. The fraction of sp³-hybridized carbons (Fsp3) is 0.636. The third-order valence-electron chi connectivity index (χ3n) is 6.30. The summed E-state index contributed by atoms with van der Waals surface area (Å²) in [5.41, 5.74) is 4.54. The maximum Gasteiger partial charge on any atom is 0.123 e. The summed E-state index contributed by atoms with van der Waals surface area (Å²) in [5.74, 6) is 0.664. The van der Waals surface area contributed by atoms with Crippen molar-refractivity contribution in [2.75, 3.05) is 19.7 Å². The number of para-hydroxylation sites is 1. The quantitative estimate of drug-likeness (QED) is 0.539. The molecule has 1 aromatic heterocycles. The van der Waals surface area contributed by atoms with E-state index in [1.54, 1.807) is 11.3 Å². The third kappa shape index (κ3) is 3.51. The zero-order chi connectivity index (χ0) is 18.3. The van der Waals surface area contributed by atoms with Crippen molar-refractivity contribution in [1.82, 2.24) is 9.47 Å². The van der Waals surface area contributed by atoms with Crippen LogP contribution in [0.1, 0.15) is 36.9 Å². The average molecular weight is 371 g/mol. The second-order valence-corrected chi connectivity index (χ2v) is 15.2. The maximum atomic E-state index is 6.22. The van der Waals surface area contributed by atoms with Crippen molar-refractivity contribution in [1.29, 1.82) is 0 Å². The van der Waals surface area contributed by atoms with Gasteiger partial charge in [0.25, 0.3) is 0 Å². The van der Waals surface area contributed by atoms with Gasteiger partial charge in [-0.1, -0.05) is 37.8 Å². The minimum atomic E-state index is -1.04. The van der Waals surface area contributed by atoms with Gasteiger partial charge in [0.2, 0.25) is 0 Å². The van der Waals surface area contributed by atoms with Crippen LogP contribution < -0.4 is 0 Å². The van der Waals surface area contributed by atoms with E-state index in [-0.39, 0.29) is 0 Å². The van der Waals surface area contributed by atoms with E-state index in [0.717, 1.165) is 6.61 Å². The molecule has 0 amide bonds. The summed E-state index contributed by atoms with van der Waals surface area (Å²) in [7, 11) is -1.04. The number of ether oxygens (including phenoxy) is 1. The first-order valence-electron chi connectivity index (χ1n) is 10.4. The van der Waals surface area contributed by atoms with Crippen molar-refractivity contribution in [2.24, 2.45) is 0 Å². The molecule has 26 heavy (non-hydrogen) atoms. The normalized spacial score (nSPS) is 25.9. The number of benzene rings is 1. The Morgan fingerprint density at radius 1 is 1.19 bits per heavy atom. The molecule has 0 aliphatic carbocycles. The van der Waals surface area contributed by atoms with Crippen LogP contribution in [0.3, 0.4) is 0 Å². The van der Waals surface area contributed by atoms with E-state index < -0.39 is 8.07 Å². The molecule has 142 valence electrons. The molecule has 3 heterocycles. The molecule has 1 fully saturated rings. The third-order valence-corrected chi connectivity index (χ3v) is 8.00. The van der Waals surface area contributed by atoms with E-state index in [4.69, 9.17) is 4.74 Å². The van der Waals surface area contributed by atoms with Crippen molar-refractivity contribution in [2.45, 2.75) is 70.6 Å². The smallest absolute Gasteiger partial charge is 0.123 e. The molecule has 3 atom stereocenters. The van der Waals surface area contributed by atoms with E-state index in [1.165, 1.54) is 49.3 Å². The minimum absolute atomic E-state index is 0.645. The van der Waals surface area contributed by atoms with E-state index in [2.05, 4.69) is 60.3 Å². The predicted molar refractivity (Wildman–Crippen MR) is 113 cm³/mol. The summed E-state index contributed by atoms with van der Waals surface area (Å²) in [5, 5.41) is 1.46. The van der Waals surface area contributed by atoms with E-state index in [0.29, 0.717) is 18.7 Å². The predicted octanol–water partition coefficient (Wildman–Crippen LogP) is 5.08. The lowest BCUT2D eigenvalue weighted by Gasteiger charge is -2.34. The molecule has 2 aliphatic heterocycles. The van der Waals surface area contributed by atoms with Crippen LogP contribution in [0.2, 0.25) is 25.7 Å². The number of piperidine rings is 1. The van der Waals surface area contributed by atoms with E-state index in [9.17, 15) is 0 Å². The molecule has 4 rings (SSSR count). The lowest BCUT2D eigenvalue weighted by atomic mass is 9.93. The summed E-state index contributed by atoms with van der Waals surface area (Å²) >= 11 is 0. The number of rotatable bonds is 5. The molecular formula is C22H34N2OSi. The molecule has 2 aromatic rings. The number of aromatic nitrogens is 1. The van der Waals surface area contributed by atoms with Gasteiger partial charge in [0.05, 0.1) is 5.52 Å². The topological polar surface area (TPSA) is 17.4 Å². The minimum Gasteiger partial charge on any atom is -0.361 e. The first kappa shape index (κ1) is 18.3. The highest BCUT2D eigenvalue weighted by Crippen LogP contribution is 2.40. The van der Waals surface area contributed by atoms with Gasteiger partial charge in [-0.3, -0.25) is 4.90 Å². The second kappa shape index (κ2) is 7.14. The molecule has 0 spiro atoms. The molecule has 2 bridgehead atoms. The van der Waals surface area contributed by atoms with Crippen LogP contribution >= 0.6 is 0 Å². The maximum absolute atomic E-state index is 6.22. The molecular weight excluding hydrogens is 336 g/mol. The monoisotopic (exact) mass is 370 g/mol. The first-order valence-corrected chi connectivity index (χ1v) is 14.1. The molecule has 1 saturated heterocycles. The Labute approximate surface area is 159 Å². The fourth-order valence-electron chi connectivity index (χ4n) is 4.80. The average Bonchev–Trinajstić information content (AvgIpc) is 2.87. The Morgan fingerprint density at radius 3 is 2.81 bits per heavy atom. The van der Waals surface area contributed by atoms with Crippen LogP contribution in [0, 0.1) is 0 Å². The van der Waals surface area contributed by atoms with Crippen molar-refractivity contribution >= 4 is 19.0 Å². The van der Waals surface area contributed by atoms with Crippen molar-refractivity contribution in [3.05, 3.63) is 35.5 Å². The van der Waals surface area contributed by atoms with Crippen LogP contribution in [-0.4, -0.2) is 43.3 Å². The number of fused-ring (bicyclic) bond motifs is 6. The highest BCUT2D eigenvalue weighted by Gasteiger charge is 2.34. The standard InChI is InChI=1S/C22H34N2OSi/c1-17-14-20-19-9-5-6-10-21(19)24(16-25-12-13-26(2,3)4)22(20)18-8-7-11-23(17)15-18/h5-6,9-10,17-18H,7-8,11-16H2,1-4H3/t17-,18?/m0/s1. The van der Waals surface area contributed by atoms with Gasteiger partial charge in [-0.2, -0.15) is 0 Å². The molecule has 2 aliphatic rings. The SMILES string of the molecule is C[C@H]1Cc2c(n(COCC[Si](C)(C)C)c3ccccc23)C2CCCN1C2. The summed E-state index contributed by atoms with van der Waals surface area (Å²) < 4.78 is 8.73. The molecule has 0 N–H and O–H groups in total. The zero-order valence-electron chi connectivity index (χ0n) is 16.9. The lowest BCUT2D eigenvalue weighted by Crippen LogP contribution is -2.39. The molecule has 3 nitrogen and oxygen atoms in total. The Hall–Kier alpha value is -1.10. The summed E-state index contributed by atoms with van der Waals surface area (Å²) in [4.78, 5) is 2.71. The number of hydrogen-bond donors (Lipinski definition) is 0. The Balaban J connectivity index is 1.69. The summed E-state index contributed by atoms with van der Waals surface area (Å²) in [6.07, 6.45) is 3.82. The molecule has 1 aromatic carbocycles. The number of hydrogen-bond acceptors (Lipinski definition) is 2. The van der Waals surface area contributed by atoms with Crippen LogP contribution in [0.15, 0.2) is 24.3 Å². The van der Waals surface area contributed by atoms with Crippen LogP contribution in [-0.2, 0) is 17.9 Å². The Morgan fingerprint density at radius 2 is 2.00 bits per heavy atom. The molecule has 4 heteroatoms. The van der Waals surface area contributed by atoms with Crippen molar-refractivity contribution < 1.29 is 4.74 Å². The fourth-order valence-corrected chi connectivity index (χ4v) is 5.56. The Bertz CT molecular complexity index is 776. The largest absolute Gasteiger partial charge is 0.361 e. The number of nitrogens with zero attached hydrogens (tertiary/aromatic N) is 2. The van der Waals surface area contributed by atoms with Gasteiger partial charge in [-0.05, 0) is 50.4 Å². The van der Waals surface area contributed by atoms with Gasteiger partial charge in [0.15, 0.2) is 0 Å². The summed E-state index contributed by atoms with van der Waals surface area (Å²) in [6, 6.07) is 10.9. The molecule has 2 unspecified atom stereocenters. The zero-order valence-corrected chi connectivity index (χ0v) is 17.9. The molecule has 0 saturated carbocycles. The Kier molecular flexibility index (Phi) is 5.02. The van der Waals surface area contributed by atoms with E-state index >= 15 is 0 Å². The second-order valence-electron chi connectivity index (χ2n) is 9.54. The highest BCUT2D eigenvalue weighted by atomic mass is 28.3. The van der Waals surface area contributed by atoms with Crippen molar-refractivity contribution in [3.63, 3.8) is 0 Å². The van der Waals surface area contributed by atoms with Gasteiger partial charge in [0, 0.05) is 44.3 Å². The van der Waals surface area contributed by atoms with Gasteiger partial charge < -0.3 is 9.30 Å². The van der Waals surface area contributed by atoms with Gasteiger partial charge in [0.1, 0.15) is 6.73 Å². The van der Waals surface area contributed by atoms with Crippen molar-refractivity contribution in [3.8, 4) is 0 Å². The van der Waals surface area contributed by atoms with Gasteiger partial charge in [-0.15, -0.1) is 0 Å². The van der Waals surface area contributed by atoms with Crippen LogP contribution in [0.5, 0.6) is 0 Å². The molecule has 0 radical (unpaired) electrons. The lowest BCUT2D eigenvalue weighted by molar-refractivity contribution is 0.0859. The van der Waals surface area contributed by atoms with Crippen LogP contribution in [0.25, 0.3) is 10.9 Å². The van der Waals surface area contributed by atoms with Gasteiger partial charge in [-0.25, -0.2) is 0 Å². The summed E-state index contributed by atoms with van der Waals surface area (Å²) in [6.45, 7) is 13.8. The van der Waals surface area contributed by atoms with Crippen LogP contribution in [0.4, 0.5) is 0 Å². The van der Waals surface area contributed by atoms with Gasteiger partial charge >= 0.3 is 0 Å². The van der Waals surface area contributed by atoms with E-state index in [1.807, 2.05) is 0 Å².